The minimum Gasteiger partial charge on any atom is -0.479 e. The molecule has 0 fully saturated rings. The highest BCUT2D eigenvalue weighted by atomic mass is 16.6. The van der Waals surface area contributed by atoms with Crippen LogP contribution in [0, 0.1) is 10.1 Å². The molecule has 0 aliphatic heterocycles. The van der Waals surface area contributed by atoms with Crippen LogP contribution in [-0.4, -0.2) is 32.4 Å². The molecule has 4 rings (SSSR count). The van der Waals surface area contributed by atoms with Crippen molar-refractivity contribution in [2.45, 2.75) is 12.5 Å². The molecule has 176 valence electrons. The Hall–Kier alpha value is -4.72. The summed E-state index contributed by atoms with van der Waals surface area (Å²) in [5.74, 6) is -1.24. The smallest absolute Gasteiger partial charge is 0.341 e. The van der Waals surface area contributed by atoms with Gasteiger partial charge in [-0.15, -0.1) is 0 Å². The predicted molar refractivity (Wildman–Crippen MR) is 131 cm³/mol. The SMILES string of the molecule is O=C(O)COc1cc(C=CCn2cc(C(c3ccccc3)c3ccccc3)cn2)ccc1[N+](=O)[O-]. The zero-order valence-electron chi connectivity index (χ0n) is 18.7. The molecule has 0 aliphatic carbocycles. The topological polar surface area (TPSA) is 107 Å². The summed E-state index contributed by atoms with van der Waals surface area (Å²) in [4.78, 5) is 21.4. The summed E-state index contributed by atoms with van der Waals surface area (Å²) >= 11 is 0. The van der Waals surface area contributed by atoms with Crippen molar-refractivity contribution in [3.63, 3.8) is 0 Å². The van der Waals surface area contributed by atoms with E-state index in [1.807, 2.05) is 59.5 Å². The largest absolute Gasteiger partial charge is 0.479 e. The van der Waals surface area contributed by atoms with Gasteiger partial charge in [0.1, 0.15) is 0 Å². The molecule has 0 aliphatic rings. The molecule has 1 aromatic heterocycles. The second-order valence-electron chi connectivity index (χ2n) is 7.82. The fourth-order valence-corrected chi connectivity index (χ4v) is 3.83. The molecule has 0 atom stereocenters. The van der Waals surface area contributed by atoms with Crippen LogP contribution in [0.2, 0.25) is 0 Å². The Labute approximate surface area is 201 Å². The number of hydrogen-bond acceptors (Lipinski definition) is 5. The van der Waals surface area contributed by atoms with E-state index in [0.29, 0.717) is 12.1 Å². The minimum atomic E-state index is -1.21. The van der Waals surface area contributed by atoms with Crippen molar-refractivity contribution in [2.24, 2.45) is 0 Å². The van der Waals surface area contributed by atoms with Gasteiger partial charge in [-0.1, -0.05) is 72.8 Å². The molecular formula is C27H23N3O5. The Bertz CT molecular complexity index is 1290. The van der Waals surface area contributed by atoms with E-state index in [-0.39, 0.29) is 17.4 Å². The predicted octanol–water partition coefficient (Wildman–Crippen LogP) is 5.15. The van der Waals surface area contributed by atoms with Crippen LogP contribution in [0.4, 0.5) is 5.69 Å². The number of nitro benzene ring substituents is 1. The quantitative estimate of drug-likeness (QED) is 0.254. The number of ether oxygens (including phenoxy) is 1. The fraction of sp³-hybridized carbons (Fsp3) is 0.111. The lowest BCUT2D eigenvalue weighted by Gasteiger charge is -2.16. The molecule has 35 heavy (non-hydrogen) atoms. The lowest BCUT2D eigenvalue weighted by atomic mass is 9.87. The Balaban J connectivity index is 1.52. The van der Waals surface area contributed by atoms with E-state index in [1.165, 1.54) is 23.3 Å². The number of carboxylic acid groups (broad SMARTS) is 1. The summed E-state index contributed by atoms with van der Waals surface area (Å²) in [5.41, 5.74) is 3.78. The van der Waals surface area contributed by atoms with Crippen LogP contribution in [0.5, 0.6) is 5.75 Å². The summed E-state index contributed by atoms with van der Waals surface area (Å²) in [6.07, 6.45) is 7.53. The molecule has 0 bridgehead atoms. The molecule has 0 saturated heterocycles. The number of aliphatic carboxylic acids is 1. The summed E-state index contributed by atoms with van der Waals surface area (Å²) in [7, 11) is 0. The second-order valence-corrected chi connectivity index (χ2v) is 7.82. The molecule has 0 radical (unpaired) electrons. The number of rotatable bonds is 10. The van der Waals surface area contributed by atoms with Crippen molar-refractivity contribution in [1.82, 2.24) is 9.78 Å². The number of allylic oxidation sites excluding steroid dienone is 1. The van der Waals surface area contributed by atoms with Gasteiger partial charge in [-0.3, -0.25) is 14.8 Å². The van der Waals surface area contributed by atoms with Gasteiger partial charge in [0.2, 0.25) is 0 Å². The van der Waals surface area contributed by atoms with Crippen molar-refractivity contribution in [3.8, 4) is 5.75 Å². The van der Waals surface area contributed by atoms with Gasteiger partial charge in [0.15, 0.2) is 12.4 Å². The highest BCUT2D eigenvalue weighted by molar-refractivity contribution is 5.69. The number of nitro groups is 1. The number of nitrogens with zero attached hydrogens (tertiary/aromatic N) is 3. The second kappa shape index (κ2) is 10.9. The lowest BCUT2D eigenvalue weighted by Crippen LogP contribution is -2.10. The minimum absolute atomic E-state index is 0.0544. The maximum Gasteiger partial charge on any atom is 0.341 e. The van der Waals surface area contributed by atoms with Gasteiger partial charge in [-0.2, -0.15) is 5.10 Å². The zero-order valence-corrected chi connectivity index (χ0v) is 18.7. The molecule has 0 saturated carbocycles. The summed E-state index contributed by atoms with van der Waals surface area (Å²) < 4.78 is 6.90. The number of aromatic nitrogens is 2. The Kier molecular flexibility index (Phi) is 7.32. The monoisotopic (exact) mass is 469 g/mol. The molecule has 8 heteroatoms. The Morgan fingerprint density at radius 3 is 2.29 bits per heavy atom. The normalized spacial score (nSPS) is 11.1. The Morgan fingerprint density at radius 1 is 1.03 bits per heavy atom. The summed E-state index contributed by atoms with van der Waals surface area (Å²) in [5, 5.41) is 24.5. The van der Waals surface area contributed by atoms with Gasteiger partial charge in [0.25, 0.3) is 0 Å². The van der Waals surface area contributed by atoms with E-state index >= 15 is 0 Å². The van der Waals surface area contributed by atoms with Crippen LogP contribution in [0.15, 0.2) is 97.3 Å². The first kappa shape index (κ1) is 23.4. The lowest BCUT2D eigenvalue weighted by molar-refractivity contribution is -0.385. The number of carboxylic acids is 1. The van der Waals surface area contributed by atoms with Crippen LogP contribution in [0.1, 0.15) is 28.2 Å². The van der Waals surface area contributed by atoms with Crippen LogP contribution in [0.3, 0.4) is 0 Å². The number of benzene rings is 3. The molecule has 0 unspecified atom stereocenters. The van der Waals surface area contributed by atoms with E-state index in [9.17, 15) is 14.9 Å². The maximum atomic E-state index is 11.2. The molecule has 0 amide bonds. The van der Waals surface area contributed by atoms with Crippen molar-refractivity contribution in [1.29, 1.82) is 0 Å². The third-order valence-corrected chi connectivity index (χ3v) is 5.39. The number of carbonyl (C=O) groups is 1. The van der Waals surface area contributed by atoms with Crippen molar-refractivity contribution >= 4 is 17.7 Å². The van der Waals surface area contributed by atoms with Gasteiger partial charge >= 0.3 is 11.7 Å². The number of hydrogen-bond donors (Lipinski definition) is 1. The van der Waals surface area contributed by atoms with E-state index < -0.39 is 17.5 Å². The summed E-state index contributed by atoms with van der Waals surface area (Å²) in [6.45, 7) is -0.174. The van der Waals surface area contributed by atoms with E-state index in [1.54, 1.807) is 12.1 Å². The Morgan fingerprint density at radius 2 is 1.69 bits per heavy atom. The molecule has 1 heterocycles. The average molecular weight is 469 g/mol. The first-order chi connectivity index (χ1) is 17.0. The molecule has 0 spiro atoms. The van der Waals surface area contributed by atoms with E-state index in [4.69, 9.17) is 9.84 Å². The van der Waals surface area contributed by atoms with E-state index in [2.05, 4.69) is 29.4 Å². The first-order valence-corrected chi connectivity index (χ1v) is 10.9. The van der Waals surface area contributed by atoms with Gasteiger partial charge in [-0.25, -0.2) is 4.79 Å². The van der Waals surface area contributed by atoms with Gasteiger partial charge in [0, 0.05) is 23.7 Å². The van der Waals surface area contributed by atoms with E-state index in [0.717, 1.165) is 5.56 Å². The van der Waals surface area contributed by atoms with Gasteiger partial charge < -0.3 is 9.84 Å². The molecule has 4 aromatic rings. The highest BCUT2D eigenvalue weighted by Crippen LogP contribution is 2.31. The van der Waals surface area contributed by atoms with Crippen LogP contribution in [0.25, 0.3) is 6.08 Å². The third kappa shape index (κ3) is 6.00. The highest BCUT2D eigenvalue weighted by Gasteiger charge is 2.18. The third-order valence-electron chi connectivity index (χ3n) is 5.39. The van der Waals surface area contributed by atoms with Crippen LogP contribution in [-0.2, 0) is 11.3 Å². The van der Waals surface area contributed by atoms with Crippen molar-refractivity contribution in [2.75, 3.05) is 6.61 Å². The van der Waals surface area contributed by atoms with Gasteiger partial charge in [-0.05, 0) is 28.8 Å². The van der Waals surface area contributed by atoms with Crippen molar-refractivity contribution in [3.05, 3.63) is 130 Å². The maximum absolute atomic E-state index is 11.2. The van der Waals surface area contributed by atoms with Crippen molar-refractivity contribution < 1.29 is 19.6 Å². The average Bonchev–Trinajstić information content (AvgIpc) is 3.32. The standard InChI is InChI=1S/C27H23N3O5/c31-26(32)19-35-25-16-20(13-14-24(25)30(33)34)8-7-15-29-18-23(17-28-29)27(21-9-3-1-4-10-21)22-11-5-2-6-12-22/h1-14,16-18,27H,15,19H2,(H,31,32). The van der Waals surface area contributed by atoms with Gasteiger partial charge in [0.05, 0.1) is 17.7 Å². The molecule has 3 aromatic carbocycles. The fourth-order valence-electron chi connectivity index (χ4n) is 3.83. The van der Waals surface area contributed by atoms with Crippen LogP contribution < -0.4 is 4.74 Å². The first-order valence-electron chi connectivity index (χ1n) is 10.9. The molecule has 1 N–H and O–H groups in total. The summed E-state index contributed by atoms with van der Waals surface area (Å²) in [6, 6.07) is 24.8. The molecule has 8 nitrogen and oxygen atoms in total. The zero-order chi connectivity index (χ0) is 24.6. The molecular weight excluding hydrogens is 446 g/mol. The van der Waals surface area contributed by atoms with Crippen LogP contribution >= 0.6 is 0 Å².